The lowest BCUT2D eigenvalue weighted by Gasteiger charge is -2.05. The van der Waals surface area contributed by atoms with Gasteiger partial charge in [-0.05, 0) is 37.3 Å². The van der Waals surface area contributed by atoms with Crippen LogP contribution in [-0.4, -0.2) is 16.6 Å². The lowest BCUT2D eigenvalue weighted by Crippen LogP contribution is -2.13. The summed E-state index contributed by atoms with van der Waals surface area (Å²) in [4.78, 5) is 17.5. The lowest BCUT2D eigenvalue weighted by atomic mass is 10.3. The molecule has 0 saturated heterocycles. The third-order valence-electron chi connectivity index (χ3n) is 2.89. The van der Waals surface area contributed by atoms with E-state index in [9.17, 15) is 4.79 Å². The van der Waals surface area contributed by atoms with E-state index in [-0.39, 0.29) is 5.91 Å². The SMILES string of the molecule is Cc1nc2ccc(NC(=O)CSc3ccccc3)cc2s1. The number of thiazole rings is 1. The molecule has 21 heavy (non-hydrogen) atoms. The summed E-state index contributed by atoms with van der Waals surface area (Å²) < 4.78 is 1.10. The van der Waals surface area contributed by atoms with Crippen LogP contribution >= 0.6 is 23.1 Å². The molecule has 3 rings (SSSR count). The van der Waals surface area contributed by atoms with E-state index in [0.29, 0.717) is 5.75 Å². The zero-order chi connectivity index (χ0) is 14.7. The number of aryl methyl sites for hydroxylation is 1. The number of anilines is 1. The average molecular weight is 314 g/mol. The van der Waals surface area contributed by atoms with E-state index in [4.69, 9.17) is 0 Å². The average Bonchev–Trinajstić information content (AvgIpc) is 2.85. The molecule has 0 fully saturated rings. The first kappa shape index (κ1) is 14.1. The summed E-state index contributed by atoms with van der Waals surface area (Å²) in [5.41, 5.74) is 1.80. The fraction of sp³-hybridized carbons (Fsp3) is 0.125. The van der Waals surface area contributed by atoms with Crippen molar-refractivity contribution in [3.05, 3.63) is 53.5 Å². The van der Waals surface area contributed by atoms with Gasteiger partial charge in [-0.25, -0.2) is 4.98 Å². The van der Waals surface area contributed by atoms with Gasteiger partial charge < -0.3 is 5.32 Å². The first-order valence-corrected chi connectivity index (χ1v) is 8.36. The van der Waals surface area contributed by atoms with E-state index in [1.54, 1.807) is 11.3 Å². The molecule has 1 heterocycles. The molecule has 0 unspecified atom stereocenters. The number of benzene rings is 2. The van der Waals surface area contributed by atoms with E-state index < -0.39 is 0 Å². The van der Waals surface area contributed by atoms with Crippen LogP contribution in [0.5, 0.6) is 0 Å². The highest BCUT2D eigenvalue weighted by molar-refractivity contribution is 8.00. The highest BCUT2D eigenvalue weighted by Gasteiger charge is 2.06. The third-order valence-corrected chi connectivity index (χ3v) is 4.84. The van der Waals surface area contributed by atoms with Crippen molar-refractivity contribution >= 4 is 44.9 Å². The lowest BCUT2D eigenvalue weighted by molar-refractivity contribution is -0.113. The number of hydrogen-bond acceptors (Lipinski definition) is 4. The van der Waals surface area contributed by atoms with Crippen LogP contribution in [-0.2, 0) is 4.79 Å². The summed E-state index contributed by atoms with van der Waals surface area (Å²) in [6.07, 6.45) is 0. The summed E-state index contributed by atoms with van der Waals surface area (Å²) in [6, 6.07) is 15.7. The number of hydrogen-bond donors (Lipinski definition) is 1. The molecule has 0 radical (unpaired) electrons. The smallest absolute Gasteiger partial charge is 0.234 e. The summed E-state index contributed by atoms with van der Waals surface area (Å²) in [6.45, 7) is 1.99. The number of carbonyl (C=O) groups is 1. The van der Waals surface area contributed by atoms with Crippen LogP contribution in [0.3, 0.4) is 0 Å². The predicted octanol–water partition coefficient (Wildman–Crippen LogP) is 4.34. The predicted molar refractivity (Wildman–Crippen MR) is 90.2 cm³/mol. The quantitative estimate of drug-likeness (QED) is 0.729. The maximum Gasteiger partial charge on any atom is 0.234 e. The van der Waals surface area contributed by atoms with Gasteiger partial charge in [-0.3, -0.25) is 4.79 Å². The Morgan fingerprint density at radius 1 is 1.24 bits per heavy atom. The number of fused-ring (bicyclic) bond motifs is 1. The van der Waals surface area contributed by atoms with Gasteiger partial charge in [0.2, 0.25) is 5.91 Å². The van der Waals surface area contributed by atoms with E-state index in [2.05, 4.69) is 10.3 Å². The number of nitrogens with zero attached hydrogens (tertiary/aromatic N) is 1. The van der Waals surface area contributed by atoms with Gasteiger partial charge in [-0.15, -0.1) is 23.1 Å². The molecule has 3 aromatic rings. The van der Waals surface area contributed by atoms with Crippen LogP contribution in [0, 0.1) is 6.92 Å². The molecule has 1 aromatic heterocycles. The van der Waals surface area contributed by atoms with Crippen molar-refractivity contribution in [2.75, 3.05) is 11.1 Å². The van der Waals surface area contributed by atoms with Crippen molar-refractivity contribution in [2.45, 2.75) is 11.8 Å². The molecule has 0 aliphatic heterocycles. The van der Waals surface area contributed by atoms with Crippen LogP contribution in [0.4, 0.5) is 5.69 Å². The minimum atomic E-state index is 0.00411. The van der Waals surface area contributed by atoms with Crippen molar-refractivity contribution in [2.24, 2.45) is 0 Å². The summed E-state index contributed by atoms with van der Waals surface area (Å²) >= 11 is 3.17. The molecule has 2 aromatic carbocycles. The van der Waals surface area contributed by atoms with Gasteiger partial charge in [0.25, 0.3) is 0 Å². The largest absolute Gasteiger partial charge is 0.325 e. The van der Waals surface area contributed by atoms with Crippen LogP contribution in [0.15, 0.2) is 53.4 Å². The molecule has 0 aliphatic carbocycles. The van der Waals surface area contributed by atoms with Crippen LogP contribution in [0.1, 0.15) is 5.01 Å². The van der Waals surface area contributed by atoms with E-state index in [1.807, 2.05) is 55.5 Å². The molecule has 106 valence electrons. The standard InChI is InChI=1S/C16H14N2OS2/c1-11-17-14-8-7-12(9-15(14)21-11)18-16(19)10-20-13-5-3-2-4-6-13/h2-9H,10H2,1H3,(H,18,19). The second-order valence-corrected chi connectivity index (χ2v) is 6.85. The zero-order valence-electron chi connectivity index (χ0n) is 11.5. The Bertz CT molecular complexity index is 768. The van der Waals surface area contributed by atoms with Gasteiger partial charge in [0, 0.05) is 10.6 Å². The maximum atomic E-state index is 12.0. The van der Waals surface area contributed by atoms with Gasteiger partial charge in [0.1, 0.15) is 0 Å². The number of aromatic nitrogens is 1. The Balaban J connectivity index is 1.63. The molecule has 0 spiro atoms. The van der Waals surface area contributed by atoms with E-state index >= 15 is 0 Å². The van der Waals surface area contributed by atoms with E-state index in [1.165, 1.54) is 11.8 Å². The fourth-order valence-corrected chi connectivity index (χ4v) is 3.57. The van der Waals surface area contributed by atoms with Gasteiger partial charge in [-0.1, -0.05) is 18.2 Å². The molecule has 0 bridgehead atoms. The van der Waals surface area contributed by atoms with Crippen molar-refractivity contribution in [3.8, 4) is 0 Å². The van der Waals surface area contributed by atoms with Gasteiger partial charge in [-0.2, -0.15) is 0 Å². The van der Waals surface area contributed by atoms with Crippen molar-refractivity contribution in [1.82, 2.24) is 4.98 Å². The number of thioether (sulfide) groups is 1. The first-order chi connectivity index (χ1) is 10.2. The number of amides is 1. The minimum Gasteiger partial charge on any atom is -0.325 e. The van der Waals surface area contributed by atoms with E-state index in [0.717, 1.165) is 25.8 Å². The van der Waals surface area contributed by atoms with Gasteiger partial charge >= 0.3 is 0 Å². The second-order valence-electron chi connectivity index (χ2n) is 4.57. The monoisotopic (exact) mass is 314 g/mol. The Morgan fingerprint density at radius 3 is 2.86 bits per heavy atom. The van der Waals surface area contributed by atoms with Crippen molar-refractivity contribution in [3.63, 3.8) is 0 Å². The highest BCUT2D eigenvalue weighted by atomic mass is 32.2. The Morgan fingerprint density at radius 2 is 2.05 bits per heavy atom. The van der Waals surface area contributed by atoms with Crippen molar-refractivity contribution < 1.29 is 4.79 Å². The second kappa shape index (κ2) is 6.28. The Hall–Kier alpha value is -1.85. The molecule has 0 aliphatic rings. The maximum absolute atomic E-state index is 12.0. The van der Waals surface area contributed by atoms with Gasteiger partial charge in [0.05, 0.1) is 21.0 Å². The third kappa shape index (κ3) is 3.62. The number of nitrogens with one attached hydrogen (secondary N) is 1. The molecule has 1 N–H and O–H groups in total. The van der Waals surface area contributed by atoms with Crippen molar-refractivity contribution in [1.29, 1.82) is 0 Å². The molecule has 3 nitrogen and oxygen atoms in total. The zero-order valence-corrected chi connectivity index (χ0v) is 13.1. The molecule has 0 saturated carbocycles. The first-order valence-electron chi connectivity index (χ1n) is 6.55. The number of rotatable bonds is 4. The Kier molecular flexibility index (Phi) is 4.22. The molecular formula is C16H14N2OS2. The molecule has 1 amide bonds. The van der Waals surface area contributed by atoms with Gasteiger partial charge in [0.15, 0.2) is 0 Å². The Labute approximate surface area is 131 Å². The van der Waals surface area contributed by atoms with Crippen LogP contribution in [0.2, 0.25) is 0 Å². The fourth-order valence-electron chi connectivity index (χ4n) is 1.98. The van der Waals surface area contributed by atoms with Crippen LogP contribution in [0.25, 0.3) is 10.2 Å². The topological polar surface area (TPSA) is 42.0 Å². The highest BCUT2D eigenvalue weighted by Crippen LogP contribution is 2.25. The summed E-state index contributed by atoms with van der Waals surface area (Å²) in [5.74, 6) is 0.411. The molecule has 0 atom stereocenters. The normalized spacial score (nSPS) is 10.7. The number of carbonyl (C=O) groups excluding carboxylic acids is 1. The minimum absolute atomic E-state index is 0.00411. The molecular weight excluding hydrogens is 300 g/mol. The summed E-state index contributed by atoms with van der Waals surface area (Å²) in [7, 11) is 0. The summed E-state index contributed by atoms with van der Waals surface area (Å²) in [5, 5.41) is 3.97. The van der Waals surface area contributed by atoms with Crippen LogP contribution < -0.4 is 5.32 Å². The molecule has 5 heteroatoms.